The van der Waals surface area contributed by atoms with Gasteiger partial charge in [0.25, 0.3) is 0 Å². The number of aromatic carboxylic acids is 1. The number of carboxylic acids is 1. The summed E-state index contributed by atoms with van der Waals surface area (Å²) in [5.74, 6) is -1.02. The van der Waals surface area contributed by atoms with Crippen LogP contribution in [0.25, 0.3) is 5.69 Å². The zero-order valence-corrected chi connectivity index (χ0v) is 11.3. The lowest BCUT2D eigenvalue weighted by atomic mass is 10.1. The number of aryl methyl sites for hydroxylation is 2. The Balaban J connectivity index is 2.44. The fourth-order valence-electron chi connectivity index (χ4n) is 1.93. The summed E-state index contributed by atoms with van der Waals surface area (Å²) in [6.07, 6.45) is 0. The van der Waals surface area contributed by atoms with Crippen LogP contribution in [0.2, 0.25) is 0 Å². The van der Waals surface area contributed by atoms with Gasteiger partial charge in [-0.15, -0.1) is 15.0 Å². The molecule has 2 rings (SSSR count). The van der Waals surface area contributed by atoms with Gasteiger partial charge in [0.1, 0.15) is 0 Å². The van der Waals surface area contributed by atoms with Crippen molar-refractivity contribution in [3.8, 4) is 5.69 Å². The van der Waals surface area contributed by atoms with E-state index in [1.54, 1.807) is 0 Å². The smallest absolute Gasteiger partial charge is 0.360 e. The third-order valence-corrected chi connectivity index (χ3v) is 2.66. The van der Waals surface area contributed by atoms with E-state index < -0.39 is 5.97 Å². The number of aliphatic hydroxyl groups is 1. The number of hydrogen-bond acceptors (Lipinski definition) is 5. The summed E-state index contributed by atoms with van der Waals surface area (Å²) in [7, 11) is 0. The van der Waals surface area contributed by atoms with E-state index in [0.29, 0.717) is 5.69 Å². The van der Waals surface area contributed by atoms with Gasteiger partial charge < -0.3 is 15.5 Å². The first-order valence-electron chi connectivity index (χ1n) is 6.15. The summed E-state index contributed by atoms with van der Waals surface area (Å²) < 4.78 is 0. The molecule has 0 aliphatic heterocycles. The summed E-state index contributed by atoms with van der Waals surface area (Å²) in [5.41, 5.74) is 2.61. The van der Waals surface area contributed by atoms with Gasteiger partial charge in [-0.2, -0.15) is 0 Å². The van der Waals surface area contributed by atoms with Crippen LogP contribution in [0.1, 0.15) is 21.6 Å². The number of benzene rings is 1. The maximum absolute atomic E-state index is 11.1. The number of nitrogens with one attached hydrogen (secondary N) is 1. The Morgan fingerprint density at radius 1 is 1.25 bits per heavy atom. The quantitative estimate of drug-likeness (QED) is 0.753. The lowest BCUT2D eigenvalue weighted by Gasteiger charge is -2.03. The predicted molar refractivity (Wildman–Crippen MR) is 73.4 cm³/mol. The van der Waals surface area contributed by atoms with Crippen molar-refractivity contribution >= 4 is 11.8 Å². The molecule has 0 radical (unpaired) electrons. The summed E-state index contributed by atoms with van der Waals surface area (Å²) in [6.45, 7) is 3.99. The Hall–Kier alpha value is -2.41. The minimum atomic E-state index is -1.17. The van der Waals surface area contributed by atoms with Crippen molar-refractivity contribution in [1.82, 2.24) is 15.0 Å². The second-order valence-electron chi connectivity index (χ2n) is 4.49. The first kappa shape index (κ1) is 14.0. The average molecular weight is 276 g/mol. The molecule has 0 aliphatic rings. The van der Waals surface area contributed by atoms with E-state index in [1.165, 1.54) is 4.80 Å². The van der Waals surface area contributed by atoms with Crippen molar-refractivity contribution in [2.24, 2.45) is 0 Å². The van der Waals surface area contributed by atoms with Gasteiger partial charge in [0.2, 0.25) is 5.69 Å². The molecule has 7 nitrogen and oxygen atoms in total. The molecule has 2 aromatic rings. The molecule has 0 amide bonds. The second-order valence-corrected chi connectivity index (χ2v) is 4.49. The predicted octanol–water partition coefficient (Wildman–Crippen LogP) is 0.987. The maximum atomic E-state index is 11.1. The SMILES string of the molecule is Cc1cc(C)cc(-n2nc(NCCO)c(C(=O)O)n2)c1. The molecule has 7 heteroatoms. The van der Waals surface area contributed by atoms with Crippen molar-refractivity contribution in [3.63, 3.8) is 0 Å². The second kappa shape index (κ2) is 5.70. The standard InChI is InChI=1S/C13H16N4O3/c1-8-5-9(2)7-10(6-8)17-15-11(13(19)20)12(16-17)14-3-4-18/h5-7,18H,3-4H2,1-2H3,(H,14,16)(H,19,20). The van der Waals surface area contributed by atoms with E-state index in [9.17, 15) is 4.79 Å². The highest BCUT2D eigenvalue weighted by atomic mass is 16.4. The topological polar surface area (TPSA) is 100 Å². The van der Waals surface area contributed by atoms with E-state index in [4.69, 9.17) is 10.2 Å². The zero-order chi connectivity index (χ0) is 14.7. The third-order valence-electron chi connectivity index (χ3n) is 2.66. The Bertz CT molecular complexity index is 616. The van der Waals surface area contributed by atoms with Crippen LogP contribution in [-0.2, 0) is 0 Å². The molecule has 1 aromatic heterocycles. The number of carboxylic acid groups (broad SMARTS) is 1. The van der Waals surface area contributed by atoms with Crippen LogP contribution in [-0.4, -0.2) is 44.3 Å². The van der Waals surface area contributed by atoms with Crippen molar-refractivity contribution in [2.45, 2.75) is 13.8 Å². The highest BCUT2D eigenvalue weighted by molar-refractivity contribution is 5.90. The molecular formula is C13H16N4O3. The Labute approximate surface area is 115 Å². The van der Waals surface area contributed by atoms with E-state index in [1.807, 2.05) is 32.0 Å². The fourth-order valence-corrected chi connectivity index (χ4v) is 1.93. The van der Waals surface area contributed by atoms with Crippen LogP contribution in [0.5, 0.6) is 0 Å². The Kier molecular flexibility index (Phi) is 3.99. The molecular weight excluding hydrogens is 260 g/mol. The zero-order valence-electron chi connectivity index (χ0n) is 11.3. The highest BCUT2D eigenvalue weighted by Crippen LogP contribution is 2.16. The summed E-state index contributed by atoms with van der Waals surface area (Å²) in [6, 6.07) is 5.75. The van der Waals surface area contributed by atoms with Crippen molar-refractivity contribution in [2.75, 3.05) is 18.5 Å². The van der Waals surface area contributed by atoms with Crippen LogP contribution >= 0.6 is 0 Å². The number of aliphatic hydroxyl groups excluding tert-OH is 1. The highest BCUT2D eigenvalue weighted by Gasteiger charge is 2.18. The van der Waals surface area contributed by atoms with E-state index >= 15 is 0 Å². The monoisotopic (exact) mass is 276 g/mol. The number of nitrogens with zero attached hydrogens (tertiary/aromatic N) is 3. The summed E-state index contributed by atoms with van der Waals surface area (Å²) >= 11 is 0. The molecule has 0 unspecified atom stereocenters. The Morgan fingerprint density at radius 3 is 2.45 bits per heavy atom. The number of anilines is 1. The van der Waals surface area contributed by atoms with Gasteiger partial charge in [0.05, 0.1) is 12.3 Å². The number of hydrogen-bond donors (Lipinski definition) is 3. The largest absolute Gasteiger partial charge is 0.476 e. The van der Waals surface area contributed by atoms with Gasteiger partial charge in [-0.1, -0.05) is 6.07 Å². The maximum Gasteiger partial charge on any atom is 0.360 e. The summed E-state index contributed by atoms with van der Waals surface area (Å²) in [5, 5.41) is 28.7. The van der Waals surface area contributed by atoms with Crippen LogP contribution in [0, 0.1) is 13.8 Å². The normalized spacial score (nSPS) is 10.6. The molecule has 20 heavy (non-hydrogen) atoms. The van der Waals surface area contributed by atoms with Gasteiger partial charge in [0, 0.05) is 6.54 Å². The van der Waals surface area contributed by atoms with Crippen LogP contribution in [0.15, 0.2) is 18.2 Å². The molecule has 1 heterocycles. The van der Waals surface area contributed by atoms with Crippen LogP contribution in [0.4, 0.5) is 5.82 Å². The minimum Gasteiger partial charge on any atom is -0.476 e. The lowest BCUT2D eigenvalue weighted by molar-refractivity contribution is 0.0691. The number of aromatic nitrogens is 3. The van der Waals surface area contributed by atoms with Gasteiger partial charge in [-0.25, -0.2) is 4.79 Å². The lowest BCUT2D eigenvalue weighted by Crippen LogP contribution is -2.09. The number of rotatable bonds is 5. The molecule has 0 aliphatic carbocycles. The molecule has 0 atom stereocenters. The molecule has 0 fully saturated rings. The van der Waals surface area contributed by atoms with Crippen molar-refractivity contribution in [3.05, 3.63) is 35.0 Å². The molecule has 106 valence electrons. The van der Waals surface area contributed by atoms with Gasteiger partial charge in [0.15, 0.2) is 5.82 Å². The van der Waals surface area contributed by atoms with Gasteiger partial charge >= 0.3 is 5.97 Å². The fraction of sp³-hybridized carbons (Fsp3) is 0.308. The molecule has 0 saturated carbocycles. The third kappa shape index (κ3) is 2.94. The van der Waals surface area contributed by atoms with Crippen LogP contribution in [0.3, 0.4) is 0 Å². The van der Waals surface area contributed by atoms with E-state index in [0.717, 1.165) is 11.1 Å². The Morgan fingerprint density at radius 2 is 1.90 bits per heavy atom. The first-order valence-corrected chi connectivity index (χ1v) is 6.15. The molecule has 0 saturated heterocycles. The summed E-state index contributed by atoms with van der Waals surface area (Å²) in [4.78, 5) is 12.4. The molecule has 0 spiro atoms. The van der Waals surface area contributed by atoms with Crippen molar-refractivity contribution < 1.29 is 15.0 Å². The molecule has 1 aromatic carbocycles. The molecule has 0 bridgehead atoms. The van der Waals surface area contributed by atoms with Gasteiger partial charge in [-0.05, 0) is 37.1 Å². The van der Waals surface area contributed by atoms with Gasteiger partial charge in [-0.3, -0.25) is 0 Å². The van der Waals surface area contributed by atoms with E-state index in [-0.39, 0.29) is 24.7 Å². The van der Waals surface area contributed by atoms with Crippen LogP contribution < -0.4 is 5.32 Å². The van der Waals surface area contributed by atoms with Crippen molar-refractivity contribution in [1.29, 1.82) is 0 Å². The number of carbonyl (C=O) groups is 1. The first-order chi connectivity index (χ1) is 9.51. The molecule has 3 N–H and O–H groups in total. The average Bonchev–Trinajstić information content (AvgIpc) is 2.79. The minimum absolute atomic E-state index is 0.116. The van der Waals surface area contributed by atoms with E-state index in [2.05, 4.69) is 15.5 Å².